The number of likely N-dealkylation sites (N-methyl/N-ethyl adjacent to an activating group) is 1. The van der Waals surface area contributed by atoms with Crippen LogP contribution in [0.1, 0.15) is 6.42 Å². The number of carbonyl (C=O) groups is 2. The quantitative estimate of drug-likeness (QED) is 0.860. The Balaban J connectivity index is 1.64. The zero-order valence-electron chi connectivity index (χ0n) is 14.6. The first kappa shape index (κ1) is 17.8. The standard InChI is InChI=1S/C20H22N2O4/c1-21-20(24)18-12-17(26-16-10-6-3-7-11-16)13-22(18)19(23)14-25-15-8-4-2-5-9-15/h2-11,17-18H,12-14H2,1H3,(H,21,24)/t17-,18-/m0/s1. The van der Waals surface area contributed by atoms with E-state index in [0.717, 1.165) is 5.75 Å². The summed E-state index contributed by atoms with van der Waals surface area (Å²) in [4.78, 5) is 26.3. The predicted molar refractivity (Wildman–Crippen MR) is 97.0 cm³/mol. The number of likely N-dealkylation sites (tertiary alicyclic amines) is 1. The van der Waals surface area contributed by atoms with E-state index in [9.17, 15) is 9.59 Å². The van der Waals surface area contributed by atoms with Crippen molar-refractivity contribution in [2.75, 3.05) is 20.2 Å². The van der Waals surface area contributed by atoms with E-state index in [-0.39, 0.29) is 24.5 Å². The Kier molecular flexibility index (Phi) is 5.73. The normalized spacial score (nSPS) is 19.0. The van der Waals surface area contributed by atoms with Crippen LogP contribution in [0.25, 0.3) is 0 Å². The molecule has 1 N–H and O–H groups in total. The molecular formula is C20H22N2O4. The summed E-state index contributed by atoms with van der Waals surface area (Å²) in [7, 11) is 1.57. The van der Waals surface area contributed by atoms with Gasteiger partial charge in [0.05, 0.1) is 6.54 Å². The fraction of sp³-hybridized carbons (Fsp3) is 0.300. The molecule has 1 aliphatic rings. The molecule has 26 heavy (non-hydrogen) atoms. The first-order chi connectivity index (χ1) is 12.7. The van der Waals surface area contributed by atoms with E-state index in [1.165, 1.54) is 4.90 Å². The molecule has 2 amide bonds. The van der Waals surface area contributed by atoms with Crippen molar-refractivity contribution in [3.63, 3.8) is 0 Å². The third kappa shape index (κ3) is 4.33. The zero-order valence-corrected chi connectivity index (χ0v) is 14.6. The average molecular weight is 354 g/mol. The lowest BCUT2D eigenvalue weighted by atomic mass is 10.2. The van der Waals surface area contributed by atoms with Crippen molar-refractivity contribution < 1.29 is 19.1 Å². The number of hydrogen-bond donors (Lipinski definition) is 1. The number of nitrogens with one attached hydrogen (secondary N) is 1. The summed E-state index contributed by atoms with van der Waals surface area (Å²) >= 11 is 0. The first-order valence-corrected chi connectivity index (χ1v) is 8.58. The summed E-state index contributed by atoms with van der Waals surface area (Å²) in [5.74, 6) is 0.912. The Morgan fingerprint density at radius 3 is 2.27 bits per heavy atom. The van der Waals surface area contributed by atoms with Gasteiger partial charge in [-0.3, -0.25) is 9.59 Å². The minimum Gasteiger partial charge on any atom is -0.488 e. The van der Waals surface area contributed by atoms with E-state index < -0.39 is 6.04 Å². The molecule has 6 heteroatoms. The maximum Gasteiger partial charge on any atom is 0.261 e. The van der Waals surface area contributed by atoms with Crippen LogP contribution in [0.15, 0.2) is 60.7 Å². The fourth-order valence-electron chi connectivity index (χ4n) is 3.01. The zero-order chi connectivity index (χ0) is 18.4. The van der Waals surface area contributed by atoms with Crippen LogP contribution >= 0.6 is 0 Å². The van der Waals surface area contributed by atoms with Gasteiger partial charge in [-0.2, -0.15) is 0 Å². The van der Waals surface area contributed by atoms with Crippen LogP contribution in [0.2, 0.25) is 0 Å². The lowest BCUT2D eigenvalue weighted by molar-refractivity contribution is -0.139. The highest BCUT2D eigenvalue weighted by atomic mass is 16.5. The fourth-order valence-corrected chi connectivity index (χ4v) is 3.01. The summed E-state index contributed by atoms with van der Waals surface area (Å²) in [5.41, 5.74) is 0. The van der Waals surface area contributed by atoms with Gasteiger partial charge in [0.25, 0.3) is 5.91 Å². The number of nitrogens with zero attached hydrogens (tertiary/aromatic N) is 1. The van der Waals surface area contributed by atoms with Crippen LogP contribution in [0.4, 0.5) is 0 Å². The lowest BCUT2D eigenvalue weighted by Gasteiger charge is -2.23. The maximum absolute atomic E-state index is 12.6. The van der Waals surface area contributed by atoms with Crippen molar-refractivity contribution in [3.05, 3.63) is 60.7 Å². The van der Waals surface area contributed by atoms with E-state index in [2.05, 4.69) is 5.32 Å². The van der Waals surface area contributed by atoms with Gasteiger partial charge in [-0.05, 0) is 24.3 Å². The Hall–Kier alpha value is -3.02. The number of carbonyl (C=O) groups excluding carboxylic acids is 2. The topological polar surface area (TPSA) is 67.9 Å². The highest BCUT2D eigenvalue weighted by molar-refractivity contribution is 5.88. The molecule has 0 aliphatic carbocycles. The molecule has 2 atom stereocenters. The monoisotopic (exact) mass is 354 g/mol. The summed E-state index contributed by atoms with van der Waals surface area (Å²) < 4.78 is 11.5. The lowest BCUT2D eigenvalue weighted by Crippen LogP contribution is -2.46. The second kappa shape index (κ2) is 8.38. The van der Waals surface area contributed by atoms with Gasteiger partial charge in [0.2, 0.25) is 5.91 Å². The van der Waals surface area contributed by atoms with E-state index in [1.807, 2.05) is 48.5 Å². The predicted octanol–water partition coefficient (Wildman–Crippen LogP) is 1.86. The molecule has 1 fully saturated rings. The largest absolute Gasteiger partial charge is 0.488 e. The average Bonchev–Trinajstić information content (AvgIpc) is 3.11. The molecule has 0 unspecified atom stereocenters. The number of hydrogen-bond acceptors (Lipinski definition) is 4. The molecule has 6 nitrogen and oxygen atoms in total. The van der Waals surface area contributed by atoms with Gasteiger partial charge in [0, 0.05) is 13.5 Å². The van der Waals surface area contributed by atoms with Gasteiger partial charge in [-0.15, -0.1) is 0 Å². The molecule has 0 saturated carbocycles. The molecule has 0 bridgehead atoms. The van der Waals surface area contributed by atoms with Crippen LogP contribution in [-0.4, -0.2) is 49.1 Å². The van der Waals surface area contributed by atoms with Gasteiger partial charge in [0.15, 0.2) is 6.61 Å². The summed E-state index contributed by atoms with van der Waals surface area (Å²) in [6.45, 7) is 0.236. The van der Waals surface area contributed by atoms with Crippen molar-refractivity contribution in [3.8, 4) is 11.5 Å². The highest BCUT2D eigenvalue weighted by Gasteiger charge is 2.40. The number of rotatable bonds is 6. The molecular weight excluding hydrogens is 332 g/mol. The van der Waals surface area contributed by atoms with Gasteiger partial charge < -0.3 is 19.7 Å². The molecule has 1 aliphatic heterocycles. The molecule has 1 saturated heterocycles. The van der Waals surface area contributed by atoms with Gasteiger partial charge >= 0.3 is 0 Å². The van der Waals surface area contributed by atoms with Crippen LogP contribution in [0.5, 0.6) is 11.5 Å². The van der Waals surface area contributed by atoms with E-state index in [1.54, 1.807) is 19.2 Å². The molecule has 2 aromatic carbocycles. The molecule has 136 valence electrons. The summed E-state index contributed by atoms with van der Waals surface area (Å²) in [6, 6.07) is 18.0. The SMILES string of the molecule is CNC(=O)[C@@H]1C[C@H](Oc2ccccc2)CN1C(=O)COc1ccccc1. The summed E-state index contributed by atoms with van der Waals surface area (Å²) in [6.07, 6.45) is 0.214. The number of benzene rings is 2. The molecule has 1 heterocycles. The maximum atomic E-state index is 12.6. The minimum atomic E-state index is -0.555. The van der Waals surface area contributed by atoms with E-state index >= 15 is 0 Å². The molecule has 2 aromatic rings. The van der Waals surface area contributed by atoms with Gasteiger partial charge in [0.1, 0.15) is 23.6 Å². The second-order valence-electron chi connectivity index (χ2n) is 6.07. The number of para-hydroxylation sites is 2. The molecule has 0 radical (unpaired) electrons. The van der Waals surface area contributed by atoms with Gasteiger partial charge in [-0.1, -0.05) is 36.4 Å². The third-order valence-electron chi connectivity index (χ3n) is 4.28. The number of amides is 2. The Bertz CT molecular complexity index is 736. The molecule has 3 rings (SSSR count). The third-order valence-corrected chi connectivity index (χ3v) is 4.28. The van der Waals surface area contributed by atoms with Crippen molar-refractivity contribution in [1.29, 1.82) is 0 Å². The van der Waals surface area contributed by atoms with Crippen LogP contribution < -0.4 is 14.8 Å². The van der Waals surface area contributed by atoms with Gasteiger partial charge in [-0.25, -0.2) is 0 Å². The van der Waals surface area contributed by atoms with Crippen molar-refractivity contribution in [2.45, 2.75) is 18.6 Å². The summed E-state index contributed by atoms with van der Waals surface area (Å²) in [5, 5.41) is 2.62. The van der Waals surface area contributed by atoms with Crippen LogP contribution in [0.3, 0.4) is 0 Å². The van der Waals surface area contributed by atoms with Crippen molar-refractivity contribution >= 4 is 11.8 Å². The first-order valence-electron chi connectivity index (χ1n) is 8.58. The van der Waals surface area contributed by atoms with E-state index in [0.29, 0.717) is 18.7 Å². The minimum absolute atomic E-state index is 0.116. The highest BCUT2D eigenvalue weighted by Crippen LogP contribution is 2.23. The Morgan fingerprint density at radius 2 is 1.65 bits per heavy atom. The van der Waals surface area contributed by atoms with E-state index in [4.69, 9.17) is 9.47 Å². The van der Waals surface area contributed by atoms with Crippen LogP contribution in [-0.2, 0) is 9.59 Å². The molecule has 0 aromatic heterocycles. The number of ether oxygens (including phenoxy) is 2. The Labute approximate surface area is 152 Å². The second-order valence-corrected chi connectivity index (χ2v) is 6.07. The smallest absolute Gasteiger partial charge is 0.261 e. The van der Waals surface area contributed by atoms with Crippen LogP contribution in [0, 0.1) is 0 Å². The van der Waals surface area contributed by atoms with Crippen molar-refractivity contribution in [2.24, 2.45) is 0 Å². The van der Waals surface area contributed by atoms with Crippen molar-refractivity contribution in [1.82, 2.24) is 10.2 Å². The Morgan fingerprint density at radius 1 is 1.04 bits per heavy atom. The molecule has 0 spiro atoms.